The third-order valence-corrected chi connectivity index (χ3v) is 5.43. The first-order valence-electron chi connectivity index (χ1n) is 10.3. The molecule has 0 unspecified atom stereocenters. The molecule has 0 atom stereocenters. The molecule has 0 fully saturated rings. The quantitative estimate of drug-likeness (QED) is 0.477. The number of carbonyl (C=O) groups is 1. The molecule has 0 bridgehead atoms. The van der Waals surface area contributed by atoms with Gasteiger partial charge in [0.15, 0.2) is 5.65 Å². The molecule has 1 aromatic carbocycles. The number of aromatic nitrogens is 5. The maximum absolute atomic E-state index is 13.5. The summed E-state index contributed by atoms with van der Waals surface area (Å²) in [6.45, 7) is 6.88. The summed E-state index contributed by atoms with van der Waals surface area (Å²) >= 11 is 0. The van der Waals surface area contributed by atoms with E-state index in [1.165, 1.54) is 18.5 Å². The largest absolute Gasteiger partial charge is 0.417 e. The maximum Gasteiger partial charge on any atom is 0.417 e. The van der Waals surface area contributed by atoms with E-state index in [1.54, 1.807) is 11.6 Å². The second kappa shape index (κ2) is 8.34. The Morgan fingerprint density at radius 2 is 1.67 bits per heavy atom. The summed E-state index contributed by atoms with van der Waals surface area (Å²) in [4.78, 5) is 17.0. The molecule has 10 heteroatoms. The van der Waals surface area contributed by atoms with Gasteiger partial charge in [-0.05, 0) is 39.3 Å². The number of amides is 1. The molecule has 3 heterocycles. The van der Waals surface area contributed by atoms with Crippen molar-refractivity contribution in [2.45, 2.75) is 47.0 Å². The maximum atomic E-state index is 13.5. The van der Waals surface area contributed by atoms with Crippen LogP contribution in [0.25, 0.3) is 11.0 Å². The topological polar surface area (TPSA) is 77.6 Å². The summed E-state index contributed by atoms with van der Waals surface area (Å²) in [5.74, 6) is -0.429. The van der Waals surface area contributed by atoms with Crippen molar-refractivity contribution in [3.8, 4) is 0 Å². The van der Waals surface area contributed by atoms with Gasteiger partial charge < -0.3 is 5.32 Å². The second-order valence-electron chi connectivity index (χ2n) is 7.99. The Morgan fingerprint density at radius 3 is 2.33 bits per heavy atom. The highest BCUT2D eigenvalue weighted by atomic mass is 19.4. The normalized spacial score (nSPS) is 11.8. The zero-order valence-corrected chi connectivity index (χ0v) is 18.7. The van der Waals surface area contributed by atoms with Gasteiger partial charge in [-0.25, -0.2) is 9.67 Å². The van der Waals surface area contributed by atoms with Crippen LogP contribution in [0.15, 0.2) is 36.4 Å². The van der Waals surface area contributed by atoms with Gasteiger partial charge in [-0.1, -0.05) is 30.3 Å². The molecular weight excluding hydrogens is 433 g/mol. The number of rotatable bonds is 5. The first-order valence-corrected chi connectivity index (χ1v) is 10.3. The van der Waals surface area contributed by atoms with Crippen LogP contribution < -0.4 is 5.32 Å². The van der Waals surface area contributed by atoms with Crippen molar-refractivity contribution in [3.05, 3.63) is 70.3 Å². The van der Waals surface area contributed by atoms with Gasteiger partial charge in [0, 0.05) is 5.69 Å². The van der Waals surface area contributed by atoms with E-state index in [0.717, 1.165) is 17.3 Å². The number of pyridine rings is 1. The Balaban J connectivity index is 1.60. The van der Waals surface area contributed by atoms with Crippen LogP contribution in [-0.4, -0.2) is 30.5 Å². The minimum atomic E-state index is -4.55. The lowest BCUT2D eigenvalue weighted by molar-refractivity contribution is -0.136. The van der Waals surface area contributed by atoms with Gasteiger partial charge in [-0.3, -0.25) is 9.48 Å². The molecule has 0 aliphatic rings. The van der Waals surface area contributed by atoms with Crippen molar-refractivity contribution >= 4 is 22.6 Å². The third-order valence-electron chi connectivity index (χ3n) is 5.43. The molecular formula is C23H23F3N6O. The molecule has 0 spiro atoms. The number of aryl methyl sites for hydroxylation is 3. The number of fused-ring (bicyclic) bond motifs is 1. The van der Waals surface area contributed by atoms with Gasteiger partial charge >= 0.3 is 6.18 Å². The van der Waals surface area contributed by atoms with Crippen LogP contribution in [0.4, 0.5) is 18.9 Å². The van der Waals surface area contributed by atoms with Crippen molar-refractivity contribution < 1.29 is 18.0 Å². The summed E-state index contributed by atoms with van der Waals surface area (Å²) in [7, 11) is 0. The molecule has 4 rings (SSSR count). The zero-order chi connectivity index (χ0) is 23.9. The molecule has 33 heavy (non-hydrogen) atoms. The number of halogens is 3. The van der Waals surface area contributed by atoms with Crippen LogP contribution in [0.3, 0.4) is 0 Å². The van der Waals surface area contributed by atoms with Crippen molar-refractivity contribution in [1.82, 2.24) is 24.5 Å². The molecule has 4 aromatic rings. The average Bonchev–Trinajstić information content (AvgIpc) is 3.18. The standard InChI is InChI=1S/C23H23F3N6O/c1-13-10-18(23(24,25)26)20-14(2)29-32(22(20)27-13)12-19(33)28-21-15(3)30-31(16(21)4)11-17-8-6-5-7-9-17/h5-10H,11-12H2,1-4H3,(H,28,33). The number of hydrogen-bond acceptors (Lipinski definition) is 4. The summed E-state index contributed by atoms with van der Waals surface area (Å²) in [5.41, 5.74) is 2.66. The number of alkyl halides is 3. The summed E-state index contributed by atoms with van der Waals surface area (Å²) < 4.78 is 43.6. The molecule has 1 amide bonds. The molecule has 0 saturated carbocycles. The van der Waals surface area contributed by atoms with E-state index < -0.39 is 17.6 Å². The van der Waals surface area contributed by atoms with Crippen LogP contribution in [0.2, 0.25) is 0 Å². The molecule has 0 saturated heterocycles. The Bertz CT molecular complexity index is 1340. The van der Waals surface area contributed by atoms with Gasteiger partial charge in [0.2, 0.25) is 5.91 Å². The number of nitrogens with zero attached hydrogens (tertiary/aromatic N) is 5. The Labute approximate surface area is 188 Å². The fourth-order valence-corrected chi connectivity index (χ4v) is 3.92. The smallest absolute Gasteiger partial charge is 0.321 e. The van der Waals surface area contributed by atoms with Gasteiger partial charge in [-0.2, -0.15) is 23.4 Å². The monoisotopic (exact) mass is 456 g/mol. The van der Waals surface area contributed by atoms with E-state index in [2.05, 4.69) is 20.5 Å². The highest BCUT2D eigenvalue weighted by Crippen LogP contribution is 2.36. The van der Waals surface area contributed by atoms with E-state index in [0.29, 0.717) is 17.9 Å². The van der Waals surface area contributed by atoms with Gasteiger partial charge in [0.1, 0.15) is 6.54 Å². The van der Waals surface area contributed by atoms with Crippen molar-refractivity contribution in [2.24, 2.45) is 0 Å². The van der Waals surface area contributed by atoms with Gasteiger partial charge in [0.25, 0.3) is 0 Å². The fraction of sp³-hybridized carbons (Fsp3) is 0.304. The van der Waals surface area contributed by atoms with E-state index in [4.69, 9.17) is 0 Å². The van der Waals surface area contributed by atoms with Crippen LogP contribution in [0.1, 0.15) is 33.9 Å². The predicted molar refractivity (Wildman–Crippen MR) is 118 cm³/mol. The minimum Gasteiger partial charge on any atom is -0.321 e. The molecule has 7 nitrogen and oxygen atoms in total. The van der Waals surface area contributed by atoms with Crippen LogP contribution >= 0.6 is 0 Å². The highest BCUT2D eigenvalue weighted by Gasteiger charge is 2.35. The number of nitrogens with one attached hydrogen (secondary N) is 1. The average molecular weight is 456 g/mol. The zero-order valence-electron chi connectivity index (χ0n) is 18.7. The Morgan fingerprint density at radius 1 is 1.00 bits per heavy atom. The lowest BCUT2D eigenvalue weighted by atomic mass is 10.1. The lowest BCUT2D eigenvalue weighted by Gasteiger charge is -2.10. The van der Waals surface area contributed by atoms with E-state index in [9.17, 15) is 18.0 Å². The van der Waals surface area contributed by atoms with Crippen LogP contribution in [0.5, 0.6) is 0 Å². The first-order chi connectivity index (χ1) is 15.5. The highest BCUT2D eigenvalue weighted by molar-refractivity contribution is 5.93. The second-order valence-corrected chi connectivity index (χ2v) is 7.99. The molecule has 3 aromatic heterocycles. The number of anilines is 1. The molecule has 1 N–H and O–H groups in total. The summed E-state index contributed by atoms with van der Waals surface area (Å²) in [5, 5.41) is 11.4. The summed E-state index contributed by atoms with van der Waals surface area (Å²) in [6, 6.07) is 10.8. The lowest BCUT2D eigenvalue weighted by Crippen LogP contribution is -2.20. The number of benzene rings is 1. The third kappa shape index (κ3) is 4.46. The number of hydrogen-bond donors (Lipinski definition) is 1. The molecule has 172 valence electrons. The Hall–Kier alpha value is -3.69. The van der Waals surface area contributed by atoms with Crippen molar-refractivity contribution in [1.29, 1.82) is 0 Å². The molecule has 0 aliphatic heterocycles. The molecule has 0 radical (unpaired) electrons. The Kier molecular flexibility index (Phi) is 5.69. The van der Waals surface area contributed by atoms with Gasteiger partial charge in [-0.15, -0.1) is 0 Å². The van der Waals surface area contributed by atoms with Crippen LogP contribution in [0, 0.1) is 27.7 Å². The number of carbonyl (C=O) groups excluding carboxylic acids is 1. The van der Waals surface area contributed by atoms with Gasteiger partial charge in [0.05, 0.1) is 40.3 Å². The van der Waals surface area contributed by atoms with Crippen molar-refractivity contribution in [3.63, 3.8) is 0 Å². The predicted octanol–water partition coefficient (Wildman–Crippen LogP) is 4.57. The first kappa shape index (κ1) is 22.5. The SMILES string of the molecule is Cc1cc(C(F)(F)F)c2c(C)nn(CC(=O)Nc3c(C)nn(Cc4ccccc4)c3C)c2n1. The van der Waals surface area contributed by atoms with Crippen molar-refractivity contribution in [2.75, 3.05) is 5.32 Å². The van der Waals surface area contributed by atoms with Crippen LogP contribution in [-0.2, 0) is 24.1 Å². The fourth-order valence-electron chi connectivity index (χ4n) is 3.92. The van der Waals surface area contributed by atoms with E-state index >= 15 is 0 Å². The minimum absolute atomic E-state index is 0.0307. The molecule has 0 aliphatic carbocycles. The summed E-state index contributed by atoms with van der Waals surface area (Å²) in [6.07, 6.45) is -4.55. The van der Waals surface area contributed by atoms with E-state index in [-0.39, 0.29) is 29.0 Å². The van der Waals surface area contributed by atoms with E-state index in [1.807, 2.05) is 37.3 Å².